The molecule has 1 spiro atoms. The number of rotatable bonds is 9. The Balaban J connectivity index is 1.15. The lowest BCUT2D eigenvalue weighted by atomic mass is 9.78. The number of likely N-dealkylation sites (tertiary alicyclic amines) is 1. The first-order valence-electron chi connectivity index (χ1n) is 13.7. The third-order valence-electron chi connectivity index (χ3n) is 7.94. The lowest BCUT2D eigenvalue weighted by Gasteiger charge is -2.55. The van der Waals surface area contributed by atoms with Gasteiger partial charge in [0.05, 0.1) is 31.6 Å². The van der Waals surface area contributed by atoms with Gasteiger partial charge in [0.25, 0.3) is 5.91 Å². The van der Waals surface area contributed by atoms with Crippen molar-refractivity contribution in [3.63, 3.8) is 0 Å². The van der Waals surface area contributed by atoms with E-state index < -0.39 is 0 Å². The number of carbonyl (C=O) groups is 1. The molecule has 0 unspecified atom stereocenters. The molecule has 0 bridgehead atoms. The summed E-state index contributed by atoms with van der Waals surface area (Å²) in [6.45, 7) is 9.37. The molecule has 9 nitrogen and oxygen atoms in total. The lowest BCUT2D eigenvalue weighted by molar-refractivity contribution is -0.189. The van der Waals surface area contributed by atoms with Gasteiger partial charge in [-0.2, -0.15) is 10.2 Å². The standard InChI is InChI=1S/C31H36N6O3/c1-21-5-6-28(40-8-7-37-17-31(18-37)19-39-20-31)12-29(21)30(38)34-22(2)23-9-24(26-13-32-35(3)15-26)11-25(10-23)27-14-33-36(4)16-27/h5-6,9-16,22H,7-8,17-20H2,1-4H3,(H,34,38)/t22-/m1/s1. The highest BCUT2D eigenvalue weighted by Gasteiger charge is 2.48. The van der Waals surface area contributed by atoms with E-state index in [1.807, 2.05) is 70.9 Å². The molecule has 2 aromatic carbocycles. The Kier molecular flexibility index (Phi) is 6.93. The molecule has 1 amide bonds. The van der Waals surface area contributed by atoms with Crippen LogP contribution < -0.4 is 10.1 Å². The number of nitrogens with zero attached hydrogens (tertiary/aromatic N) is 5. The second-order valence-corrected chi connectivity index (χ2v) is 11.4. The summed E-state index contributed by atoms with van der Waals surface area (Å²) in [5.41, 5.74) is 7.04. The number of benzene rings is 2. The molecule has 2 fully saturated rings. The van der Waals surface area contributed by atoms with Crippen LogP contribution in [0.25, 0.3) is 22.3 Å². The van der Waals surface area contributed by atoms with Crippen molar-refractivity contribution in [2.45, 2.75) is 19.9 Å². The van der Waals surface area contributed by atoms with E-state index in [1.165, 1.54) is 0 Å². The largest absolute Gasteiger partial charge is 0.492 e. The predicted molar refractivity (Wildman–Crippen MR) is 153 cm³/mol. The molecule has 0 radical (unpaired) electrons. The van der Waals surface area contributed by atoms with Gasteiger partial charge in [-0.05, 0) is 66.4 Å². The summed E-state index contributed by atoms with van der Waals surface area (Å²) in [6.07, 6.45) is 7.69. The van der Waals surface area contributed by atoms with E-state index in [4.69, 9.17) is 9.47 Å². The minimum atomic E-state index is -0.224. The smallest absolute Gasteiger partial charge is 0.252 e. The van der Waals surface area contributed by atoms with E-state index in [9.17, 15) is 4.79 Å². The molecular formula is C31H36N6O3. The third kappa shape index (κ3) is 5.39. The van der Waals surface area contributed by atoms with Crippen molar-refractivity contribution in [1.82, 2.24) is 29.8 Å². The number of amides is 1. The molecule has 1 atom stereocenters. The minimum absolute atomic E-state index is 0.125. The van der Waals surface area contributed by atoms with Crippen LogP contribution in [0.2, 0.25) is 0 Å². The normalized spacial score (nSPS) is 16.8. The van der Waals surface area contributed by atoms with Gasteiger partial charge in [-0.15, -0.1) is 0 Å². The molecule has 9 heteroatoms. The van der Waals surface area contributed by atoms with Gasteiger partial charge >= 0.3 is 0 Å². The molecule has 2 saturated heterocycles. The predicted octanol–water partition coefficient (Wildman–Crippen LogP) is 4.00. The number of hydrogen-bond acceptors (Lipinski definition) is 6. The van der Waals surface area contributed by atoms with Gasteiger partial charge in [0.15, 0.2) is 0 Å². The van der Waals surface area contributed by atoms with Crippen molar-refractivity contribution >= 4 is 5.91 Å². The van der Waals surface area contributed by atoms with E-state index in [1.54, 1.807) is 9.36 Å². The highest BCUT2D eigenvalue weighted by Crippen LogP contribution is 2.37. The lowest BCUT2D eigenvalue weighted by Crippen LogP contribution is -2.66. The molecule has 4 aromatic rings. The minimum Gasteiger partial charge on any atom is -0.492 e. The molecule has 40 heavy (non-hydrogen) atoms. The fraction of sp³-hybridized carbons (Fsp3) is 0.387. The second-order valence-electron chi connectivity index (χ2n) is 11.4. The Morgan fingerprint density at radius 2 is 1.65 bits per heavy atom. The zero-order valence-electron chi connectivity index (χ0n) is 23.6. The maximum Gasteiger partial charge on any atom is 0.252 e. The van der Waals surface area contributed by atoms with Gasteiger partial charge in [0, 0.05) is 68.2 Å². The van der Waals surface area contributed by atoms with Gasteiger partial charge in [-0.3, -0.25) is 19.1 Å². The van der Waals surface area contributed by atoms with Gasteiger partial charge in [-0.25, -0.2) is 0 Å². The van der Waals surface area contributed by atoms with Crippen LogP contribution in [-0.2, 0) is 18.8 Å². The number of nitrogens with one attached hydrogen (secondary N) is 1. The Labute approximate surface area is 234 Å². The number of carbonyl (C=O) groups excluding carboxylic acids is 1. The number of ether oxygens (including phenoxy) is 2. The third-order valence-corrected chi connectivity index (χ3v) is 7.94. The summed E-state index contributed by atoms with van der Waals surface area (Å²) in [4.78, 5) is 15.8. The molecule has 6 rings (SSSR count). The molecule has 208 valence electrons. The second kappa shape index (κ2) is 10.6. The van der Waals surface area contributed by atoms with Crippen LogP contribution in [0.3, 0.4) is 0 Å². The summed E-state index contributed by atoms with van der Waals surface area (Å²) in [6, 6.07) is 11.9. The van der Waals surface area contributed by atoms with E-state index >= 15 is 0 Å². The highest BCUT2D eigenvalue weighted by molar-refractivity contribution is 5.96. The fourth-order valence-electron chi connectivity index (χ4n) is 5.60. The first-order valence-corrected chi connectivity index (χ1v) is 13.7. The maximum atomic E-state index is 13.5. The van der Waals surface area contributed by atoms with Crippen molar-refractivity contribution in [2.24, 2.45) is 19.5 Å². The van der Waals surface area contributed by atoms with Crippen LogP contribution in [0, 0.1) is 12.3 Å². The summed E-state index contributed by atoms with van der Waals surface area (Å²) in [7, 11) is 3.81. The molecule has 0 aliphatic carbocycles. The van der Waals surface area contributed by atoms with Crippen molar-refractivity contribution < 1.29 is 14.3 Å². The molecule has 0 saturated carbocycles. The Hall–Kier alpha value is -3.95. The summed E-state index contributed by atoms with van der Waals surface area (Å²) >= 11 is 0. The zero-order chi connectivity index (χ0) is 27.9. The molecular weight excluding hydrogens is 504 g/mol. The topological polar surface area (TPSA) is 86.4 Å². The van der Waals surface area contributed by atoms with Gasteiger partial charge in [0.2, 0.25) is 0 Å². The Morgan fingerprint density at radius 3 is 2.20 bits per heavy atom. The van der Waals surface area contributed by atoms with Crippen molar-refractivity contribution in [3.8, 4) is 28.0 Å². The molecule has 1 N–H and O–H groups in total. The van der Waals surface area contributed by atoms with Crippen LogP contribution in [0.15, 0.2) is 61.2 Å². The Bertz CT molecular complexity index is 1470. The van der Waals surface area contributed by atoms with Gasteiger partial charge in [0.1, 0.15) is 12.4 Å². The summed E-state index contributed by atoms with van der Waals surface area (Å²) < 4.78 is 15.0. The van der Waals surface area contributed by atoms with Crippen molar-refractivity contribution in [3.05, 3.63) is 77.9 Å². The molecule has 2 aromatic heterocycles. The van der Waals surface area contributed by atoms with E-state index in [2.05, 4.69) is 38.6 Å². The molecule has 2 aliphatic rings. The fourth-order valence-corrected chi connectivity index (χ4v) is 5.60. The number of aromatic nitrogens is 4. The zero-order valence-corrected chi connectivity index (χ0v) is 23.6. The SMILES string of the molecule is Cc1ccc(OCCN2CC3(COC3)C2)cc1C(=O)N[C@H](C)c1cc(-c2cnn(C)c2)cc(-c2cnn(C)c2)c1. The monoisotopic (exact) mass is 540 g/mol. The first kappa shape index (κ1) is 26.3. The van der Waals surface area contributed by atoms with E-state index in [-0.39, 0.29) is 11.9 Å². The summed E-state index contributed by atoms with van der Waals surface area (Å²) in [5.74, 6) is 0.586. The summed E-state index contributed by atoms with van der Waals surface area (Å²) in [5, 5.41) is 11.9. The number of hydrogen-bond donors (Lipinski definition) is 1. The van der Waals surface area contributed by atoms with Crippen molar-refractivity contribution in [1.29, 1.82) is 0 Å². The van der Waals surface area contributed by atoms with Gasteiger partial charge < -0.3 is 14.8 Å². The van der Waals surface area contributed by atoms with Gasteiger partial charge in [-0.1, -0.05) is 6.07 Å². The molecule has 4 heterocycles. The first-order chi connectivity index (χ1) is 19.3. The van der Waals surface area contributed by atoms with Crippen LogP contribution in [0.1, 0.15) is 34.5 Å². The van der Waals surface area contributed by atoms with Crippen molar-refractivity contribution in [2.75, 3.05) is 39.5 Å². The quantitative estimate of drug-likeness (QED) is 0.346. The average Bonchev–Trinajstić information content (AvgIpc) is 3.53. The maximum absolute atomic E-state index is 13.5. The van der Waals surface area contributed by atoms with Crippen LogP contribution in [0.5, 0.6) is 5.75 Å². The van der Waals surface area contributed by atoms with E-state index in [0.717, 1.165) is 66.2 Å². The van der Waals surface area contributed by atoms with Crippen LogP contribution in [-0.4, -0.2) is 69.8 Å². The average molecular weight is 541 g/mol. The Morgan fingerprint density at radius 1 is 1.00 bits per heavy atom. The van der Waals surface area contributed by atoms with Crippen LogP contribution >= 0.6 is 0 Å². The number of aryl methyl sites for hydroxylation is 3. The van der Waals surface area contributed by atoms with E-state index in [0.29, 0.717) is 23.3 Å². The van der Waals surface area contributed by atoms with Crippen LogP contribution in [0.4, 0.5) is 0 Å². The molecule has 2 aliphatic heterocycles. The highest BCUT2D eigenvalue weighted by atomic mass is 16.5.